The molecule has 3 amide bonds. The standard InChI is InChI=1S/C26H34ClN5O3S/c1-2-20(24(33)29-17-10-6-7-11-17)32(19-14-12-16(27)13-15-19)26(35)23-21(28)22(31-36-23)25(34)30-18-8-4-3-5-9-18/h12-15,17-18,20H,2-11,28H2,1H3,(H,29,33)(H,30,34). The summed E-state index contributed by atoms with van der Waals surface area (Å²) in [6.07, 6.45) is 9.67. The molecule has 1 unspecified atom stereocenters. The van der Waals surface area contributed by atoms with Crippen LogP contribution in [0.2, 0.25) is 5.02 Å². The van der Waals surface area contributed by atoms with Crippen molar-refractivity contribution in [3.63, 3.8) is 0 Å². The Hall–Kier alpha value is -2.65. The van der Waals surface area contributed by atoms with E-state index in [1.165, 1.54) is 11.3 Å². The van der Waals surface area contributed by atoms with Gasteiger partial charge in [0.15, 0.2) is 5.69 Å². The molecule has 36 heavy (non-hydrogen) atoms. The summed E-state index contributed by atoms with van der Waals surface area (Å²) in [5.41, 5.74) is 6.95. The molecule has 2 fully saturated rings. The van der Waals surface area contributed by atoms with Crippen LogP contribution in [0.15, 0.2) is 24.3 Å². The number of nitrogens with two attached hydrogens (primary N) is 1. The van der Waals surface area contributed by atoms with Crippen molar-refractivity contribution in [3.05, 3.63) is 39.9 Å². The average Bonchev–Trinajstić information content (AvgIpc) is 3.53. The lowest BCUT2D eigenvalue weighted by molar-refractivity contribution is -0.123. The number of carbonyl (C=O) groups is 3. The Morgan fingerprint density at radius 3 is 2.22 bits per heavy atom. The van der Waals surface area contributed by atoms with Gasteiger partial charge in [0.2, 0.25) is 5.91 Å². The summed E-state index contributed by atoms with van der Waals surface area (Å²) >= 11 is 6.98. The van der Waals surface area contributed by atoms with E-state index in [2.05, 4.69) is 15.0 Å². The third-order valence-electron chi connectivity index (χ3n) is 7.10. The lowest BCUT2D eigenvalue weighted by Crippen LogP contribution is -2.51. The highest BCUT2D eigenvalue weighted by atomic mass is 35.5. The molecule has 0 spiro atoms. The highest BCUT2D eigenvalue weighted by Crippen LogP contribution is 2.30. The minimum atomic E-state index is -0.750. The molecule has 8 nitrogen and oxygen atoms in total. The molecule has 0 radical (unpaired) electrons. The first-order valence-electron chi connectivity index (χ1n) is 12.8. The second-order valence-corrected chi connectivity index (χ2v) is 10.9. The zero-order valence-electron chi connectivity index (χ0n) is 20.6. The molecule has 2 aliphatic carbocycles. The van der Waals surface area contributed by atoms with E-state index < -0.39 is 11.9 Å². The second-order valence-electron chi connectivity index (χ2n) is 9.65. The number of anilines is 2. The number of hydrogen-bond acceptors (Lipinski definition) is 6. The molecule has 1 atom stereocenters. The molecule has 0 saturated heterocycles. The van der Waals surface area contributed by atoms with Gasteiger partial charge in [-0.3, -0.25) is 19.3 Å². The van der Waals surface area contributed by atoms with Crippen molar-refractivity contribution in [3.8, 4) is 0 Å². The molecular weight excluding hydrogens is 498 g/mol. The third-order valence-corrected chi connectivity index (χ3v) is 8.21. The maximum Gasteiger partial charge on any atom is 0.273 e. The van der Waals surface area contributed by atoms with Crippen molar-refractivity contribution in [2.24, 2.45) is 0 Å². The Morgan fingerprint density at radius 2 is 1.61 bits per heavy atom. The SMILES string of the molecule is CCC(C(=O)NC1CCCC1)N(C(=O)c1snc(C(=O)NC2CCCCC2)c1N)c1ccc(Cl)cc1. The van der Waals surface area contributed by atoms with Gasteiger partial charge in [-0.2, -0.15) is 4.37 Å². The first-order valence-corrected chi connectivity index (χ1v) is 14.0. The zero-order valence-corrected chi connectivity index (χ0v) is 22.2. The van der Waals surface area contributed by atoms with Gasteiger partial charge in [0, 0.05) is 22.8 Å². The Kier molecular flexibility index (Phi) is 8.85. The maximum atomic E-state index is 13.9. The van der Waals surface area contributed by atoms with Crippen molar-refractivity contribution in [2.75, 3.05) is 10.6 Å². The molecule has 1 heterocycles. The lowest BCUT2D eigenvalue weighted by atomic mass is 9.95. The predicted octanol–water partition coefficient (Wildman–Crippen LogP) is 4.93. The van der Waals surface area contributed by atoms with Crippen LogP contribution < -0.4 is 21.3 Å². The van der Waals surface area contributed by atoms with Crippen molar-refractivity contribution < 1.29 is 14.4 Å². The van der Waals surface area contributed by atoms with Crippen LogP contribution >= 0.6 is 23.1 Å². The molecule has 2 aliphatic rings. The van der Waals surface area contributed by atoms with E-state index >= 15 is 0 Å². The van der Waals surface area contributed by atoms with E-state index in [1.54, 1.807) is 24.3 Å². The molecule has 2 saturated carbocycles. The number of aromatic nitrogens is 1. The highest BCUT2D eigenvalue weighted by molar-refractivity contribution is 7.09. The van der Waals surface area contributed by atoms with Gasteiger partial charge in [-0.1, -0.05) is 50.6 Å². The molecule has 4 rings (SSSR count). The predicted molar refractivity (Wildman–Crippen MR) is 144 cm³/mol. The normalized spacial score (nSPS) is 17.5. The van der Waals surface area contributed by atoms with Crippen molar-refractivity contribution in [1.29, 1.82) is 0 Å². The van der Waals surface area contributed by atoms with Crippen LogP contribution in [0.1, 0.15) is 91.3 Å². The number of halogens is 1. The van der Waals surface area contributed by atoms with E-state index in [1.807, 2.05) is 6.92 Å². The Labute approximate surface area is 221 Å². The molecule has 194 valence electrons. The Bertz CT molecular complexity index is 1080. The van der Waals surface area contributed by atoms with Gasteiger partial charge < -0.3 is 16.4 Å². The number of nitrogens with zero attached hydrogens (tertiary/aromatic N) is 2. The van der Waals surface area contributed by atoms with Crippen LogP contribution in [0.25, 0.3) is 0 Å². The Balaban J connectivity index is 1.60. The van der Waals surface area contributed by atoms with Crippen molar-refractivity contribution in [1.82, 2.24) is 15.0 Å². The molecule has 10 heteroatoms. The summed E-state index contributed by atoms with van der Waals surface area (Å²) in [5.74, 6) is -1.03. The number of benzene rings is 1. The summed E-state index contributed by atoms with van der Waals surface area (Å²) < 4.78 is 4.24. The first-order chi connectivity index (χ1) is 17.4. The van der Waals surface area contributed by atoms with E-state index in [9.17, 15) is 14.4 Å². The number of nitrogen functional groups attached to an aromatic ring is 1. The average molecular weight is 532 g/mol. The minimum Gasteiger partial charge on any atom is -0.395 e. The van der Waals surface area contributed by atoms with Crippen molar-refractivity contribution in [2.45, 2.75) is 89.3 Å². The van der Waals surface area contributed by atoms with E-state index in [0.717, 1.165) is 62.9 Å². The van der Waals surface area contributed by atoms with Gasteiger partial charge in [0.25, 0.3) is 11.8 Å². The zero-order chi connectivity index (χ0) is 25.7. The molecule has 1 aromatic carbocycles. The fraction of sp³-hybridized carbons (Fsp3) is 0.538. The molecular formula is C26H34ClN5O3S. The number of rotatable bonds is 8. The van der Waals surface area contributed by atoms with Crippen LogP contribution in [-0.2, 0) is 4.79 Å². The van der Waals surface area contributed by atoms with Crippen LogP contribution in [0.5, 0.6) is 0 Å². The van der Waals surface area contributed by atoms with Crippen LogP contribution in [-0.4, -0.2) is 40.2 Å². The van der Waals surface area contributed by atoms with Gasteiger partial charge in [-0.05, 0) is 67.9 Å². The van der Waals surface area contributed by atoms with E-state index in [0.29, 0.717) is 17.1 Å². The first kappa shape index (κ1) is 26.4. The summed E-state index contributed by atoms with van der Waals surface area (Å²) in [5, 5.41) is 6.65. The topological polar surface area (TPSA) is 117 Å². The van der Waals surface area contributed by atoms with E-state index in [-0.39, 0.29) is 40.2 Å². The smallest absolute Gasteiger partial charge is 0.273 e. The quantitative estimate of drug-likeness (QED) is 0.446. The number of carbonyl (C=O) groups excluding carboxylic acids is 3. The number of amides is 3. The summed E-state index contributed by atoms with van der Waals surface area (Å²) in [6, 6.07) is 6.24. The Morgan fingerprint density at radius 1 is 1.03 bits per heavy atom. The highest BCUT2D eigenvalue weighted by Gasteiger charge is 2.35. The molecule has 2 aromatic rings. The van der Waals surface area contributed by atoms with Gasteiger partial charge in [-0.25, -0.2) is 0 Å². The summed E-state index contributed by atoms with van der Waals surface area (Å²) in [7, 11) is 0. The fourth-order valence-electron chi connectivity index (χ4n) is 5.12. The second kappa shape index (κ2) is 12.1. The fourth-order valence-corrected chi connectivity index (χ4v) is 5.98. The third kappa shape index (κ3) is 6.00. The van der Waals surface area contributed by atoms with Crippen LogP contribution in [0.3, 0.4) is 0 Å². The van der Waals surface area contributed by atoms with Gasteiger partial charge in [-0.15, -0.1) is 0 Å². The summed E-state index contributed by atoms with van der Waals surface area (Å²) in [6.45, 7) is 1.87. The number of nitrogens with one attached hydrogen (secondary N) is 2. The molecule has 0 aliphatic heterocycles. The summed E-state index contributed by atoms with van der Waals surface area (Å²) in [4.78, 5) is 41.7. The van der Waals surface area contributed by atoms with Crippen LogP contribution in [0, 0.1) is 0 Å². The number of hydrogen-bond donors (Lipinski definition) is 3. The monoisotopic (exact) mass is 531 g/mol. The molecule has 1 aromatic heterocycles. The van der Waals surface area contributed by atoms with E-state index in [4.69, 9.17) is 17.3 Å². The van der Waals surface area contributed by atoms with Gasteiger partial charge in [0.05, 0.1) is 5.69 Å². The molecule has 4 N–H and O–H groups in total. The largest absolute Gasteiger partial charge is 0.395 e. The van der Waals surface area contributed by atoms with Gasteiger partial charge >= 0.3 is 0 Å². The maximum absolute atomic E-state index is 13.9. The van der Waals surface area contributed by atoms with Crippen molar-refractivity contribution >= 4 is 52.2 Å². The van der Waals surface area contributed by atoms with Gasteiger partial charge in [0.1, 0.15) is 10.9 Å². The minimum absolute atomic E-state index is 0.0447. The van der Waals surface area contributed by atoms with Crippen LogP contribution in [0.4, 0.5) is 11.4 Å². The lowest BCUT2D eigenvalue weighted by Gasteiger charge is -2.31. The molecule has 0 bridgehead atoms.